The quantitative estimate of drug-likeness (QED) is 0.567. The zero-order chi connectivity index (χ0) is 22.8. The van der Waals surface area contributed by atoms with Crippen LogP contribution in [-0.4, -0.2) is 48.6 Å². The SMILES string of the molecule is N#CCSc1ccccc1NC(=O)CN1CCC(C(=O)NCCc2ccccc2F)CC1. The Bertz CT molecular complexity index is 970. The van der Waals surface area contributed by atoms with Gasteiger partial charge in [0.1, 0.15) is 5.82 Å². The van der Waals surface area contributed by atoms with E-state index >= 15 is 0 Å². The Kier molecular flexibility index (Phi) is 9.08. The molecule has 0 radical (unpaired) electrons. The van der Waals surface area contributed by atoms with Crippen molar-refractivity contribution in [2.45, 2.75) is 24.2 Å². The summed E-state index contributed by atoms with van der Waals surface area (Å²) in [5, 5.41) is 14.6. The molecule has 0 atom stereocenters. The van der Waals surface area contributed by atoms with E-state index in [1.165, 1.54) is 17.8 Å². The number of para-hydroxylation sites is 1. The molecular formula is C24H27FN4O2S. The highest BCUT2D eigenvalue weighted by molar-refractivity contribution is 7.99. The number of benzene rings is 2. The van der Waals surface area contributed by atoms with Gasteiger partial charge in [0.2, 0.25) is 11.8 Å². The van der Waals surface area contributed by atoms with Crippen molar-refractivity contribution < 1.29 is 14.0 Å². The number of nitrogens with one attached hydrogen (secondary N) is 2. The van der Waals surface area contributed by atoms with Gasteiger partial charge in [-0.2, -0.15) is 5.26 Å². The van der Waals surface area contributed by atoms with E-state index in [0.29, 0.717) is 55.9 Å². The van der Waals surface area contributed by atoms with Crippen LogP contribution in [0.3, 0.4) is 0 Å². The molecule has 0 aromatic heterocycles. The predicted octanol–water partition coefficient (Wildman–Crippen LogP) is 3.45. The highest BCUT2D eigenvalue weighted by Gasteiger charge is 2.25. The molecule has 3 rings (SSSR count). The number of likely N-dealkylation sites (tertiary alicyclic amines) is 1. The maximum atomic E-state index is 13.7. The van der Waals surface area contributed by atoms with Crippen LogP contribution in [0.4, 0.5) is 10.1 Å². The third kappa shape index (κ3) is 7.08. The molecule has 32 heavy (non-hydrogen) atoms. The van der Waals surface area contributed by atoms with Crippen molar-refractivity contribution in [3.63, 3.8) is 0 Å². The molecule has 0 saturated carbocycles. The van der Waals surface area contributed by atoms with Crippen LogP contribution >= 0.6 is 11.8 Å². The van der Waals surface area contributed by atoms with Gasteiger partial charge in [0.05, 0.1) is 24.1 Å². The Labute approximate surface area is 192 Å². The van der Waals surface area contributed by atoms with Gasteiger partial charge in [0.15, 0.2) is 0 Å². The van der Waals surface area contributed by atoms with E-state index in [1.807, 2.05) is 29.2 Å². The Morgan fingerprint density at radius 2 is 1.84 bits per heavy atom. The first-order valence-corrected chi connectivity index (χ1v) is 11.7. The minimum atomic E-state index is -0.250. The highest BCUT2D eigenvalue weighted by atomic mass is 32.2. The van der Waals surface area contributed by atoms with Gasteiger partial charge in [-0.05, 0) is 56.1 Å². The summed E-state index contributed by atoms with van der Waals surface area (Å²) in [5.41, 5.74) is 1.31. The molecule has 2 N–H and O–H groups in total. The van der Waals surface area contributed by atoms with Gasteiger partial charge in [0.25, 0.3) is 0 Å². The fourth-order valence-corrected chi connectivity index (χ4v) is 4.39. The lowest BCUT2D eigenvalue weighted by Gasteiger charge is -2.30. The average molecular weight is 455 g/mol. The Hall–Kier alpha value is -2.89. The molecule has 1 saturated heterocycles. The smallest absolute Gasteiger partial charge is 0.238 e. The summed E-state index contributed by atoms with van der Waals surface area (Å²) in [6.45, 7) is 2.01. The third-order valence-corrected chi connectivity index (χ3v) is 6.37. The molecule has 0 aliphatic carbocycles. The number of piperidine rings is 1. The van der Waals surface area contributed by atoms with E-state index in [2.05, 4.69) is 16.7 Å². The zero-order valence-corrected chi connectivity index (χ0v) is 18.7. The summed E-state index contributed by atoms with van der Waals surface area (Å²) in [6, 6.07) is 16.1. The highest BCUT2D eigenvalue weighted by Crippen LogP contribution is 2.26. The molecule has 1 aliphatic heterocycles. The summed E-state index contributed by atoms with van der Waals surface area (Å²) < 4.78 is 13.7. The molecule has 2 aromatic rings. The summed E-state index contributed by atoms with van der Waals surface area (Å²) in [7, 11) is 0. The largest absolute Gasteiger partial charge is 0.356 e. The molecule has 0 spiro atoms. The third-order valence-electron chi connectivity index (χ3n) is 5.43. The lowest BCUT2D eigenvalue weighted by atomic mass is 9.96. The number of anilines is 1. The number of nitriles is 1. The van der Waals surface area contributed by atoms with Crippen LogP contribution in [-0.2, 0) is 16.0 Å². The second-order valence-electron chi connectivity index (χ2n) is 7.67. The van der Waals surface area contributed by atoms with E-state index in [-0.39, 0.29) is 30.1 Å². The maximum absolute atomic E-state index is 13.7. The summed E-state index contributed by atoms with van der Waals surface area (Å²) in [6.07, 6.45) is 1.84. The number of halogens is 1. The van der Waals surface area contributed by atoms with Crippen LogP contribution in [0.2, 0.25) is 0 Å². The zero-order valence-electron chi connectivity index (χ0n) is 17.9. The Morgan fingerprint density at radius 1 is 1.12 bits per heavy atom. The molecule has 1 aliphatic rings. The van der Waals surface area contributed by atoms with Gasteiger partial charge in [-0.1, -0.05) is 30.3 Å². The fourth-order valence-electron chi connectivity index (χ4n) is 3.72. The average Bonchev–Trinajstić information content (AvgIpc) is 2.80. The number of nitrogens with zero attached hydrogens (tertiary/aromatic N) is 2. The van der Waals surface area contributed by atoms with Gasteiger partial charge >= 0.3 is 0 Å². The molecule has 0 unspecified atom stereocenters. The number of rotatable bonds is 9. The number of thioether (sulfide) groups is 1. The van der Waals surface area contributed by atoms with Crippen LogP contribution in [0, 0.1) is 23.1 Å². The lowest BCUT2D eigenvalue weighted by Crippen LogP contribution is -2.43. The Balaban J connectivity index is 1.39. The number of hydrogen-bond donors (Lipinski definition) is 2. The van der Waals surface area contributed by atoms with Crippen molar-refractivity contribution in [3.05, 3.63) is 59.9 Å². The molecular weight excluding hydrogens is 427 g/mol. The minimum Gasteiger partial charge on any atom is -0.356 e. The van der Waals surface area contributed by atoms with Crippen LogP contribution in [0.15, 0.2) is 53.4 Å². The molecule has 2 aromatic carbocycles. The van der Waals surface area contributed by atoms with Gasteiger partial charge in [-0.25, -0.2) is 4.39 Å². The minimum absolute atomic E-state index is 0.00566. The van der Waals surface area contributed by atoms with Crippen molar-refractivity contribution in [1.82, 2.24) is 10.2 Å². The number of hydrogen-bond acceptors (Lipinski definition) is 5. The van der Waals surface area contributed by atoms with Crippen LogP contribution in [0.5, 0.6) is 0 Å². The van der Waals surface area contributed by atoms with E-state index in [9.17, 15) is 14.0 Å². The van der Waals surface area contributed by atoms with Gasteiger partial charge in [-0.3, -0.25) is 14.5 Å². The summed E-state index contributed by atoms with van der Waals surface area (Å²) in [5.74, 6) is -0.128. The van der Waals surface area contributed by atoms with Crippen molar-refractivity contribution in [2.75, 3.05) is 37.2 Å². The van der Waals surface area contributed by atoms with Crippen LogP contribution in [0.1, 0.15) is 18.4 Å². The summed E-state index contributed by atoms with van der Waals surface area (Å²) >= 11 is 1.39. The molecule has 2 amide bonds. The van der Waals surface area contributed by atoms with Gasteiger partial charge in [0, 0.05) is 17.4 Å². The number of carbonyl (C=O) groups excluding carboxylic acids is 2. The van der Waals surface area contributed by atoms with E-state index in [0.717, 1.165) is 4.90 Å². The van der Waals surface area contributed by atoms with Crippen LogP contribution in [0.25, 0.3) is 0 Å². The monoisotopic (exact) mass is 454 g/mol. The molecule has 1 heterocycles. The topological polar surface area (TPSA) is 85.2 Å². The second kappa shape index (κ2) is 12.2. The predicted molar refractivity (Wildman–Crippen MR) is 124 cm³/mol. The van der Waals surface area contributed by atoms with Crippen molar-refractivity contribution in [1.29, 1.82) is 5.26 Å². The molecule has 0 bridgehead atoms. The standard InChI is InChI=1S/C24H27FN4O2S/c25-20-6-2-1-5-18(20)9-13-27-24(31)19-10-14-29(15-11-19)17-23(30)28-21-7-3-4-8-22(21)32-16-12-26/h1-8,19H,9-11,13-17H2,(H,27,31)(H,28,30). The summed E-state index contributed by atoms with van der Waals surface area (Å²) in [4.78, 5) is 27.8. The molecule has 8 heteroatoms. The first-order valence-electron chi connectivity index (χ1n) is 10.7. The van der Waals surface area contributed by atoms with Crippen molar-refractivity contribution in [3.8, 4) is 6.07 Å². The van der Waals surface area contributed by atoms with E-state index in [1.54, 1.807) is 18.2 Å². The Morgan fingerprint density at radius 3 is 2.59 bits per heavy atom. The van der Waals surface area contributed by atoms with E-state index in [4.69, 9.17) is 5.26 Å². The first-order chi connectivity index (χ1) is 15.6. The number of amides is 2. The normalized spacial score (nSPS) is 14.5. The lowest BCUT2D eigenvalue weighted by molar-refractivity contribution is -0.126. The first kappa shape index (κ1) is 23.8. The fraction of sp³-hybridized carbons (Fsp3) is 0.375. The molecule has 6 nitrogen and oxygen atoms in total. The van der Waals surface area contributed by atoms with E-state index < -0.39 is 0 Å². The van der Waals surface area contributed by atoms with Crippen molar-refractivity contribution in [2.24, 2.45) is 5.92 Å². The maximum Gasteiger partial charge on any atom is 0.238 e. The molecule has 1 fully saturated rings. The van der Waals surface area contributed by atoms with Crippen molar-refractivity contribution >= 4 is 29.3 Å². The van der Waals surface area contributed by atoms with Crippen LogP contribution < -0.4 is 10.6 Å². The van der Waals surface area contributed by atoms with Gasteiger partial charge < -0.3 is 10.6 Å². The molecule has 168 valence electrons. The van der Waals surface area contributed by atoms with Gasteiger partial charge in [-0.15, -0.1) is 11.8 Å². The second-order valence-corrected chi connectivity index (χ2v) is 8.69. The number of carbonyl (C=O) groups is 2.